The van der Waals surface area contributed by atoms with Crippen LogP contribution in [0.2, 0.25) is 0 Å². The molecule has 1 heterocycles. The van der Waals surface area contributed by atoms with Gasteiger partial charge in [0.05, 0.1) is 12.3 Å². The maximum atomic E-state index is 9.08. The second kappa shape index (κ2) is 5.94. The molecule has 0 radical (unpaired) electrons. The Kier molecular flexibility index (Phi) is 4.28. The lowest BCUT2D eigenvalue weighted by molar-refractivity contribution is 0.282. The highest BCUT2D eigenvalue weighted by Gasteiger charge is 2.02. The molecule has 2 nitrogen and oxygen atoms in total. The van der Waals surface area contributed by atoms with Gasteiger partial charge in [-0.25, -0.2) is 4.98 Å². The van der Waals surface area contributed by atoms with Crippen LogP contribution in [0.5, 0.6) is 0 Å². The van der Waals surface area contributed by atoms with E-state index in [1.54, 1.807) is 11.3 Å². The number of aromatic nitrogens is 1. The van der Waals surface area contributed by atoms with Crippen LogP contribution in [0.4, 0.5) is 0 Å². The molecule has 0 aliphatic rings. The minimum Gasteiger partial charge on any atom is -0.392 e. The molecular formula is C15H17NOS. The van der Waals surface area contributed by atoms with Gasteiger partial charge in [-0.15, -0.1) is 11.3 Å². The molecule has 0 unspecified atom stereocenters. The van der Waals surface area contributed by atoms with Crippen molar-refractivity contribution in [3.8, 4) is 0 Å². The van der Waals surface area contributed by atoms with Gasteiger partial charge < -0.3 is 5.11 Å². The number of thiazole rings is 1. The van der Waals surface area contributed by atoms with E-state index in [0.29, 0.717) is 5.92 Å². The second-order valence-corrected chi connectivity index (χ2v) is 5.39. The Morgan fingerprint density at radius 3 is 2.83 bits per heavy atom. The summed E-state index contributed by atoms with van der Waals surface area (Å²) in [4.78, 5) is 4.55. The maximum absolute atomic E-state index is 9.08. The Labute approximate surface area is 112 Å². The third-order valence-corrected chi connectivity index (χ3v) is 3.51. The van der Waals surface area contributed by atoms with Gasteiger partial charge in [-0.05, 0) is 29.2 Å². The third-order valence-electron chi connectivity index (χ3n) is 2.68. The summed E-state index contributed by atoms with van der Waals surface area (Å²) in [5, 5.41) is 12.2. The van der Waals surface area contributed by atoms with Crippen molar-refractivity contribution in [1.82, 2.24) is 4.98 Å². The van der Waals surface area contributed by atoms with Crippen LogP contribution >= 0.6 is 11.3 Å². The number of benzene rings is 1. The Morgan fingerprint density at radius 1 is 1.33 bits per heavy atom. The van der Waals surface area contributed by atoms with Gasteiger partial charge in [0, 0.05) is 5.38 Å². The van der Waals surface area contributed by atoms with Gasteiger partial charge in [0.25, 0.3) is 0 Å². The van der Waals surface area contributed by atoms with Crippen LogP contribution in [0, 0.1) is 0 Å². The molecule has 0 atom stereocenters. The molecule has 0 saturated carbocycles. The van der Waals surface area contributed by atoms with Crippen LogP contribution in [0.1, 0.15) is 41.6 Å². The lowest BCUT2D eigenvalue weighted by Crippen LogP contribution is -1.86. The SMILES string of the molecule is CC(C)c1csc(/C=C/c2cccc(CO)c2)n1. The molecule has 2 aromatic rings. The zero-order valence-electron chi connectivity index (χ0n) is 10.6. The normalized spacial score (nSPS) is 11.6. The highest BCUT2D eigenvalue weighted by molar-refractivity contribution is 7.10. The lowest BCUT2D eigenvalue weighted by atomic mass is 10.1. The van der Waals surface area contributed by atoms with Crippen molar-refractivity contribution in [3.05, 3.63) is 51.5 Å². The van der Waals surface area contributed by atoms with Crippen molar-refractivity contribution in [2.24, 2.45) is 0 Å². The average molecular weight is 259 g/mol. The summed E-state index contributed by atoms with van der Waals surface area (Å²) < 4.78 is 0. The molecule has 2 rings (SSSR count). The summed E-state index contributed by atoms with van der Waals surface area (Å²) in [7, 11) is 0. The molecule has 1 aromatic heterocycles. The molecule has 0 aliphatic carbocycles. The summed E-state index contributed by atoms with van der Waals surface area (Å²) in [5.74, 6) is 0.473. The van der Waals surface area contributed by atoms with Gasteiger partial charge in [0.1, 0.15) is 5.01 Å². The quantitative estimate of drug-likeness (QED) is 0.902. The van der Waals surface area contributed by atoms with Crippen molar-refractivity contribution in [3.63, 3.8) is 0 Å². The monoisotopic (exact) mass is 259 g/mol. The summed E-state index contributed by atoms with van der Waals surface area (Å²) in [6, 6.07) is 7.87. The van der Waals surface area contributed by atoms with Crippen molar-refractivity contribution in [1.29, 1.82) is 0 Å². The third kappa shape index (κ3) is 3.28. The average Bonchev–Trinajstić information content (AvgIpc) is 2.85. The first-order valence-corrected chi connectivity index (χ1v) is 6.90. The summed E-state index contributed by atoms with van der Waals surface area (Å²) in [6.45, 7) is 4.37. The van der Waals surface area contributed by atoms with Crippen molar-refractivity contribution < 1.29 is 5.11 Å². The Hall–Kier alpha value is -1.45. The van der Waals surface area contributed by atoms with Crippen molar-refractivity contribution >= 4 is 23.5 Å². The molecular weight excluding hydrogens is 242 g/mol. The van der Waals surface area contributed by atoms with Crippen LogP contribution in [-0.2, 0) is 6.61 Å². The zero-order chi connectivity index (χ0) is 13.0. The molecule has 0 spiro atoms. The maximum Gasteiger partial charge on any atom is 0.116 e. The van der Waals surface area contributed by atoms with Gasteiger partial charge in [-0.3, -0.25) is 0 Å². The van der Waals surface area contributed by atoms with Gasteiger partial charge in [0.2, 0.25) is 0 Å². The van der Waals surface area contributed by atoms with Gasteiger partial charge in [-0.2, -0.15) is 0 Å². The number of rotatable bonds is 4. The van der Waals surface area contributed by atoms with E-state index in [4.69, 9.17) is 5.11 Å². The zero-order valence-corrected chi connectivity index (χ0v) is 11.4. The van der Waals surface area contributed by atoms with Crippen LogP contribution in [0.3, 0.4) is 0 Å². The summed E-state index contributed by atoms with van der Waals surface area (Å²) in [6.07, 6.45) is 4.05. The number of hydrogen-bond acceptors (Lipinski definition) is 3. The van der Waals surface area contributed by atoms with E-state index in [1.165, 1.54) is 0 Å². The van der Waals surface area contributed by atoms with Crippen LogP contribution in [0.25, 0.3) is 12.2 Å². The van der Waals surface area contributed by atoms with E-state index in [0.717, 1.165) is 21.8 Å². The van der Waals surface area contributed by atoms with Crippen LogP contribution < -0.4 is 0 Å². The number of aliphatic hydroxyl groups excluding tert-OH is 1. The number of hydrogen-bond donors (Lipinski definition) is 1. The van der Waals surface area contributed by atoms with E-state index in [-0.39, 0.29) is 6.61 Å². The number of nitrogens with zero attached hydrogens (tertiary/aromatic N) is 1. The lowest BCUT2D eigenvalue weighted by Gasteiger charge is -1.97. The van der Waals surface area contributed by atoms with E-state index in [1.807, 2.05) is 36.4 Å². The minimum atomic E-state index is 0.0798. The Morgan fingerprint density at radius 2 is 2.17 bits per heavy atom. The fourth-order valence-corrected chi connectivity index (χ4v) is 2.48. The molecule has 3 heteroatoms. The number of aliphatic hydroxyl groups is 1. The van der Waals surface area contributed by atoms with Gasteiger partial charge >= 0.3 is 0 Å². The first kappa shape index (κ1) is 13.0. The standard InChI is InChI=1S/C15H17NOS/c1-11(2)14-10-18-15(16-14)7-6-12-4-3-5-13(8-12)9-17/h3-8,10-11,17H,9H2,1-2H3/b7-6+. The minimum absolute atomic E-state index is 0.0798. The molecule has 1 N–H and O–H groups in total. The summed E-state index contributed by atoms with van der Waals surface area (Å²) in [5.41, 5.74) is 3.16. The molecule has 18 heavy (non-hydrogen) atoms. The fourth-order valence-electron chi connectivity index (χ4n) is 1.61. The van der Waals surface area contributed by atoms with E-state index < -0.39 is 0 Å². The second-order valence-electron chi connectivity index (χ2n) is 4.50. The molecule has 0 amide bonds. The van der Waals surface area contributed by atoms with Crippen molar-refractivity contribution in [2.75, 3.05) is 0 Å². The van der Waals surface area contributed by atoms with Crippen LogP contribution in [0.15, 0.2) is 29.6 Å². The van der Waals surface area contributed by atoms with Crippen molar-refractivity contribution in [2.45, 2.75) is 26.4 Å². The predicted octanol–water partition coefficient (Wildman–Crippen LogP) is 3.93. The largest absolute Gasteiger partial charge is 0.392 e. The Bertz CT molecular complexity index is 543. The highest BCUT2D eigenvalue weighted by Crippen LogP contribution is 2.19. The first-order valence-electron chi connectivity index (χ1n) is 6.02. The first-order chi connectivity index (χ1) is 8.69. The molecule has 1 aromatic carbocycles. The highest BCUT2D eigenvalue weighted by atomic mass is 32.1. The predicted molar refractivity (Wildman–Crippen MR) is 77.5 cm³/mol. The van der Waals surface area contributed by atoms with E-state index in [2.05, 4.69) is 24.2 Å². The Balaban J connectivity index is 2.13. The van der Waals surface area contributed by atoms with Gasteiger partial charge in [-0.1, -0.05) is 38.1 Å². The van der Waals surface area contributed by atoms with Crippen LogP contribution in [-0.4, -0.2) is 10.1 Å². The molecule has 0 saturated heterocycles. The molecule has 0 aliphatic heterocycles. The fraction of sp³-hybridized carbons (Fsp3) is 0.267. The van der Waals surface area contributed by atoms with E-state index in [9.17, 15) is 0 Å². The smallest absolute Gasteiger partial charge is 0.116 e. The molecule has 0 bridgehead atoms. The van der Waals surface area contributed by atoms with Gasteiger partial charge in [0.15, 0.2) is 0 Å². The molecule has 94 valence electrons. The summed E-state index contributed by atoms with van der Waals surface area (Å²) >= 11 is 1.66. The molecule has 0 fully saturated rings. The van der Waals surface area contributed by atoms with E-state index >= 15 is 0 Å². The topological polar surface area (TPSA) is 33.1 Å².